The summed E-state index contributed by atoms with van der Waals surface area (Å²) in [6.45, 7) is 1.95. The Morgan fingerprint density at radius 3 is 2.81 bits per heavy atom. The fraction of sp³-hybridized carbons (Fsp3) is 0.308. The van der Waals surface area contributed by atoms with Crippen LogP contribution in [0.4, 0.5) is 0 Å². The van der Waals surface area contributed by atoms with Gasteiger partial charge < -0.3 is 9.47 Å². The van der Waals surface area contributed by atoms with Crippen LogP contribution in [0.25, 0.3) is 10.9 Å². The van der Waals surface area contributed by atoms with E-state index in [2.05, 4.69) is 41.9 Å². The zero-order valence-electron chi connectivity index (χ0n) is 9.64. The van der Waals surface area contributed by atoms with E-state index in [4.69, 9.17) is 5.26 Å². The van der Waals surface area contributed by atoms with Crippen molar-refractivity contribution in [1.82, 2.24) is 9.47 Å². The Kier molecular flexibility index (Phi) is 2.93. The van der Waals surface area contributed by atoms with Crippen molar-refractivity contribution in [2.45, 2.75) is 6.54 Å². The van der Waals surface area contributed by atoms with Gasteiger partial charge in [0.15, 0.2) is 0 Å². The predicted octanol–water partition coefficient (Wildman–Crippen LogP) is 2.07. The lowest BCUT2D eigenvalue weighted by atomic mass is 10.1. The van der Waals surface area contributed by atoms with E-state index in [0.29, 0.717) is 0 Å². The Morgan fingerprint density at radius 2 is 2.12 bits per heavy atom. The van der Waals surface area contributed by atoms with Gasteiger partial charge in [-0.15, -0.1) is 0 Å². The summed E-state index contributed by atoms with van der Waals surface area (Å²) in [5.74, 6) is 0. The summed E-state index contributed by atoms with van der Waals surface area (Å²) < 4.78 is 2.19. The van der Waals surface area contributed by atoms with Crippen molar-refractivity contribution >= 4 is 10.9 Å². The van der Waals surface area contributed by atoms with E-state index in [1.807, 2.05) is 18.2 Å². The number of fused-ring (bicyclic) bond motifs is 1. The second-order valence-electron chi connectivity index (χ2n) is 4.16. The average Bonchev–Trinajstić information content (AvgIpc) is 2.69. The zero-order chi connectivity index (χ0) is 11.5. The van der Waals surface area contributed by atoms with Gasteiger partial charge in [0.25, 0.3) is 0 Å². The minimum Gasteiger partial charge on any atom is -0.346 e. The van der Waals surface area contributed by atoms with Crippen LogP contribution in [-0.4, -0.2) is 30.1 Å². The molecule has 1 heterocycles. The van der Waals surface area contributed by atoms with Gasteiger partial charge in [0, 0.05) is 30.2 Å². The topological polar surface area (TPSA) is 32.0 Å². The number of benzene rings is 1. The minimum atomic E-state index is 0.751. The number of aromatic nitrogens is 1. The monoisotopic (exact) mass is 213 g/mol. The molecule has 82 valence electrons. The van der Waals surface area contributed by atoms with Crippen LogP contribution in [0.2, 0.25) is 0 Å². The van der Waals surface area contributed by atoms with Crippen molar-refractivity contribution in [2.24, 2.45) is 0 Å². The van der Waals surface area contributed by atoms with E-state index < -0.39 is 0 Å². The molecule has 1 aromatic heterocycles. The molecule has 0 radical (unpaired) electrons. The van der Waals surface area contributed by atoms with Crippen LogP contribution in [0.1, 0.15) is 5.56 Å². The Bertz CT molecular complexity index is 532. The summed E-state index contributed by atoms with van der Waals surface area (Å²) in [4.78, 5) is 2.15. The quantitative estimate of drug-likeness (QED) is 0.781. The molecular formula is C13H15N3. The van der Waals surface area contributed by atoms with Crippen LogP contribution < -0.4 is 0 Å². The normalized spacial score (nSPS) is 10.9. The second kappa shape index (κ2) is 4.38. The summed E-state index contributed by atoms with van der Waals surface area (Å²) in [5, 5.41) is 10.0. The number of nitrogens with zero attached hydrogens (tertiary/aromatic N) is 3. The zero-order valence-corrected chi connectivity index (χ0v) is 9.64. The molecule has 0 aliphatic rings. The van der Waals surface area contributed by atoms with Crippen molar-refractivity contribution in [3.05, 3.63) is 36.0 Å². The van der Waals surface area contributed by atoms with Gasteiger partial charge in [-0.3, -0.25) is 0 Å². The van der Waals surface area contributed by atoms with Gasteiger partial charge in [-0.05, 0) is 32.3 Å². The maximum absolute atomic E-state index is 9.00. The van der Waals surface area contributed by atoms with Gasteiger partial charge in [0.05, 0.1) is 11.6 Å². The van der Waals surface area contributed by atoms with Crippen molar-refractivity contribution in [1.29, 1.82) is 5.26 Å². The first-order chi connectivity index (χ1) is 7.72. The van der Waals surface area contributed by atoms with Crippen LogP contribution in [0, 0.1) is 11.3 Å². The Labute approximate surface area is 95.5 Å². The molecule has 0 spiro atoms. The van der Waals surface area contributed by atoms with Crippen LogP contribution in [-0.2, 0) is 6.54 Å². The number of nitriles is 1. The van der Waals surface area contributed by atoms with E-state index in [-0.39, 0.29) is 0 Å². The summed E-state index contributed by atoms with van der Waals surface area (Å²) in [6.07, 6.45) is 2.05. The predicted molar refractivity (Wildman–Crippen MR) is 65.2 cm³/mol. The first kappa shape index (κ1) is 10.7. The molecule has 3 heteroatoms. The molecule has 2 aromatic rings. The minimum absolute atomic E-state index is 0.751. The highest BCUT2D eigenvalue weighted by Crippen LogP contribution is 2.19. The lowest BCUT2D eigenvalue weighted by Crippen LogP contribution is -2.17. The van der Waals surface area contributed by atoms with E-state index in [1.54, 1.807) is 0 Å². The lowest BCUT2D eigenvalue weighted by Gasteiger charge is -2.11. The fourth-order valence-electron chi connectivity index (χ4n) is 1.82. The van der Waals surface area contributed by atoms with E-state index in [1.165, 1.54) is 0 Å². The van der Waals surface area contributed by atoms with Gasteiger partial charge in [0.2, 0.25) is 0 Å². The van der Waals surface area contributed by atoms with Gasteiger partial charge in [-0.25, -0.2) is 0 Å². The summed E-state index contributed by atoms with van der Waals surface area (Å²) in [6, 6.07) is 10.1. The number of likely N-dealkylation sites (N-methyl/N-ethyl adjacent to an activating group) is 1. The molecule has 0 atom stereocenters. The fourth-order valence-corrected chi connectivity index (χ4v) is 1.82. The number of rotatable bonds is 3. The molecule has 0 bridgehead atoms. The van der Waals surface area contributed by atoms with Gasteiger partial charge in [-0.2, -0.15) is 5.26 Å². The Balaban J connectivity index is 2.38. The van der Waals surface area contributed by atoms with Crippen LogP contribution in [0.3, 0.4) is 0 Å². The molecular weight excluding hydrogens is 198 g/mol. The van der Waals surface area contributed by atoms with Crippen LogP contribution >= 0.6 is 0 Å². The molecule has 0 fully saturated rings. The van der Waals surface area contributed by atoms with Gasteiger partial charge in [-0.1, -0.05) is 6.07 Å². The number of hydrogen-bond acceptors (Lipinski definition) is 2. The van der Waals surface area contributed by atoms with Crippen molar-refractivity contribution in [2.75, 3.05) is 20.6 Å². The SMILES string of the molecule is CN(C)CCn1ccc2c(C#N)cccc21. The second-order valence-corrected chi connectivity index (χ2v) is 4.16. The molecule has 0 saturated carbocycles. The molecule has 3 nitrogen and oxygen atoms in total. The van der Waals surface area contributed by atoms with Crippen molar-refractivity contribution in [3.8, 4) is 6.07 Å². The molecule has 0 aliphatic heterocycles. The van der Waals surface area contributed by atoms with E-state index >= 15 is 0 Å². The average molecular weight is 213 g/mol. The van der Waals surface area contributed by atoms with Crippen molar-refractivity contribution in [3.63, 3.8) is 0 Å². The largest absolute Gasteiger partial charge is 0.346 e. The summed E-state index contributed by atoms with van der Waals surface area (Å²) in [7, 11) is 4.12. The molecule has 16 heavy (non-hydrogen) atoms. The first-order valence-corrected chi connectivity index (χ1v) is 5.35. The third kappa shape index (κ3) is 1.93. The van der Waals surface area contributed by atoms with Crippen LogP contribution in [0.15, 0.2) is 30.5 Å². The molecule has 0 unspecified atom stereocenters. The van der Waals surface area contributed by atoms with Gasteiger partial charge >= 0.3 is 0 Å². The van der Waals surface area contributed by atoms with E-state index in [9.17, 15) is 0 Å². The third-order valence-electron chi connectivity index (χ3n) is 2.72. The summed E-state index contributed by atoms with van der Waals surface area (Å²) in [5.41, 5.74) is 1.89. The van der Waals surface area contributed by atoms with Gasteiger partial charge in [0.1, 0.15) is 0 Å². The summed E-state index contributed by atoms with van der Waals surface area (Å²) >= 11 is 0. The third-order valence-corrected chi connectivity index (χ3v) is 2.72. The van der Waals surface area contributed by atoms with Crippen molar-refractivity contribution < 1.29 is 0 Å². The van der Waals surface area contributed by atoms with Crippen LogP contribution in [0.5, 0.6) is 0 Å². The van der Waals surface area contributed by atoms with E-state index in [0.717, 1.165) is 29.6 Å². The standard InChI is InChI=1S/C13H15N3/c1-15(2)8-9-16-7-6-12-11(10-14)4-3-5-13(12)16/h3-7H,8-9H2,1-2H3. The molecule has 0 amide bonds. The first-order valence-electron chi connectivity index (χ1n) is 5.35. The smallest absolute Gasteiger partial charge is 0.0998 e. The molecule has 1 aromatic carbocycles. The number of hydrogen-bond donors (Lipinski definition) is 0. The molecule has 0 saturated heterocycles. The Morgan fingerprint density at radius 1 is 1.31 bits per heavy atom. The maximum Gasteiger partial charge on any atom is 0.0998 e. The molecule has 2 rings (SSSR count). The Hall–Kier alpha value is -1.79. The lowest BCUT2D eigenvalue weighted by molar-refractivity contribution is 0.387. The molecule has 0 N–H and O–H groups in total. The highest BCUT2D eigenvalue weighted by atomic mass is 15.1. The maximum atomic E-state index is 9.00. The highest BCUT2D eigenvalue weighted by Gasteiger charge is 2.04. The molecule has 0 aliphatic carbocycles. The highest BCUT2D eigenvalue weighted by molar-refractivity contribution is 5.85.